The summed E-state index contributed by atoms with van der Waals surface area (Å²) in [5, 5.41) is 0.668. The second-order valence-corrected chi connectivity index (χ2v) is 6.44. The third-order valence-electron chi connectivity index (χ3n) is 4.26. The number of rotatable bonds is 3. The summed E-state index contributed by atoms with van der Waals surface area (Å²) in [5.74, 6) is 0. The molecule has 4 rings (SSSR count). The quantitative estimate of drug-likeness (QED) is 0.452. The van der Waals surface area contributed by atoms with E-state index >= 15 is 0 Å². The van der Waals surface area contributed by atoms with Gasteiger partial charge in [-0.05, 0) is 35.4 Å². The molecule has 0 aliphatic heterocycles. The first-order valence-electron chi connectivity index (χ1n) is 8.36. The van der Waals surface area contributed by atoms with Crippen molar-refractivity contribution in [3.05, 3.63) is 112 Å². The van der Waals surface area contributed by atoms with Crippen LogP contribution >= 0.6 is 11.6 Å². The molecule has 1 heterocycles. The number of hydrogen-bond donors (Lipinski definition) is 0. The number of para-hydroxylation sites is 1. The van der Waals surface area contributed by atoms with Gasteiger partial charge in [0.25, 0.3) is 0 Å². The lowest BCUT2D eigenvalue weighted by Gasteiger charge is -2.19. The highest BCUT2D eigenvalue weighted by molar-refractivity contribution is 6.30. The van der Waals surface area contributed by atoms with Crippen molar-refractivity contribution in [2.24, 2.45) is 0 Å². The molecule has 3 heteroatoms. The predicted molar refractivity (Wildman–Crippen MR) is 108 cm³/mol. The first-order valence-corrected chi connectivity index (χ1v) is 8.74. The summed E-state index contributed by atoms with van der Waals surface area (Å²) in [7, 11) is 0. The molecule has 0 fully saturated rings. The Balaban J connectivity index is 2.07. The fourth-order valence-corrected chi connectivity index (χ4v) is 3.21. The van der Waals surface area contributed by atoms with Crippen LogP contribution < -0.4 is 5.43 Å². The zero-order valence-corrected chi connectivity index (χ0v) is 14.7. The van der Waals surface area contributed by atoms with E-state index < -0.39 is 0 Å². The molecule has 1 aromatic heterocycles. The summed E-state index contributed by atoms with van der Waals surface area (Å²) in [6.45, 7) is 0. The molecule has 0 saturated carbocycles. The molecule has 0 spiro atoms. The van der Waals surface area contributed by atoms with Crippen molar-refractivity contribution in [2.45, 2.75) is 0 Å². The summed E-state index contributed by atoms with van der Waals surface area (Å²) < 4.78 is 2.11. The number of halogens is 1. The van der Waals surface area contributed by atoms with Crippen LogP contribution in [0.15, 0.2) is 102 Å². The third-order valence-corrected chi connectivity index (χ3v) is 4.52. The van der Waals surface area contributed by atoms with Gasteiger partial charge in [0, 0.05) is 22.8 Å². The molecule has 0 N–H and O–H groups in total. The van der Waals surface area contributed by atoms with Crippen molar-refractivity contribution in [3.8, 4) is 28.2 Å². The summed E-state index contributed by atoms with van der Waals surface area (Å²) in [5.41, 5.74) is 4.59. The summed E-state index contributed by atoms with van der Waals surface area (Å²) in [6, 6.07) is 30.9. The third kappa shape index (κ3) is 3.19. The fourth-order valence-electron chi connectivity index (χ4n) is 3.08. The summed E-state index contributed by atoms with van der Waals surface area (Å²) >= 11 is 6.05. The maximum Gasteiger partial charge on any atom is 0.182 e. The lowest BCUT2D eigenvalue weighted by molar-refractivity contribution is 1.06. The van der Waals surface area contributed by atoms with Crippen molar-refractivity contribution < 1.29 is 0 Å². The van der Waals surface area contributed by atoms with E-state index in [1.165, 1.54) is 0 Å². The second kappa shape index (κ2) is 7.03. The minimum atomic E-state index is -0.0269. The van der Waals surface area contributed by atoms with Crippen molar-refractivity contribution >= 4 is 11.6 Å². The maximum atomic E-state index is 12.5. The van der Waals surface area contributed by atoms with Crippen LogP contribution in [-0.4, -0.2) is 4.57 Å². The Morgan fingerprint density at radius 1 is 0.615 bits per heavy atom. The number of hydrogen-bond acceptors (Lipinski definition) is 1. The van der Waals surface area contributed by atoms with Gasteiger partial charge in [-0.3, -0.25) is 4.79 Å². The minimum Gasteiger partial charge on any atom is -0.309 e. The fraction of sp³-hybridized carbons (Fsp3) is 0. The normalized spacial score (nSPS) is 10.7. The van der Waals surface area contributed by atoms with E-state index in [2.05, 4.69) is 4.57 Å². The van der Waals surface area contributed by atoms with Crippen LogP contribution in [0, 0.1) is 0 Å². The molecular formula is C23H16ClNO. The maximum absolute atomic E-state index is 12.5. The number of nitrogens with zero attached hydrogens (tertiary/aromatic N) is 1. The Hall–Kier alpha value is -3.10. The molecule has 0 aliphatic rings. The Morgan fingerprint density at radius 3 is 1.69 bits per heavy atom. The average Bonchev–Trinajstić information content (AvgIpc) is 2.69. The Bertz CT molecular complexity index is 1080. The van der Waals surface area contributed by atoms with Gasteiger partial charge < -0.3 is 4.57 Å². The van der Waals surface area contributed by atoms with E-state index in [1.807, 2.05) is 84.9 Å². The Morgan fingerprint density at radius 2 is 1.12 bits per heavy atom. The molecule has 26 heavy (non-hydrogen) atoms. The van der Waals surface area contributed by atoms with Crippen LogP contribution in [0.3, 0.4) is 0 Å². The molecule has 0 saturated heterocycles. The highest BCUT2D eigenvalue weighted by Gasteiger charge is 2.13. The van der Waals surface area contributed by atoms with Gasteiger partial charge in [0.05, 0.1) is 11.4 Å². The largest absolute Gasteiger partial charge is 0.309 e. The van der Waals surface area contributed by atoms with E-state index in [4.69, 9.17) is 11.6 Å². The minimum absolute atomic E-state index is 0.0269. The molecule has 0 aliphatic carbocycles. The van der Waals surface area contributed by atoms with Gasteiger partial charge in [-0.2, -0.15) is 0 Å². The standard InChI is InChI=1S/C23H16ClNO/c24-19-13-11-18(12-14-19)23-16-21(26)15-22(17-7-3-1-4-8-17)25(23)20-9-5-2-6-10-20/h1-16H. The van der Waals surface area contributed by atoms with Crippen LogP contribution in [0.2, 0.25) is 5.02 Å². The van der Waals surface area contributed by atoms with E-state index in [9.17, 15) is 4.79 Å². The summed E-state index contributed by atoms with van der Waals surface area (Å²) in [4.78, 5) is 12.5. The lowest BCUT2D eigenvalue weighted by atomic mass is 10.1. The molecular weight excluding hydrogens is 342 g/mol. The topological polar surface area (TPSA) is 22.0 Å². The number of benzene rings is 3. The molecule has 3 aromatic carbocycles. The van der Waals surface area contributed by atoms with Crippen LogP contribution in [0.5, 0.6) is 0 Å². The molecule has 0 bridgehead atoms. The van der Waals surface area contributed by atoms with E-state index in [0.717, 1.165) is 28.2 Å². The van der Waals surface area contributed by atoms with Crippen molar-refractivity contribution in [2.75, 3.05) is 0 Å². The molecule has 0 amide bonds. The first-order chi connectivity index (χ1) is 12.7. The van der Waals surface area contributed by atoms with E-state index in [0.29, 0.717) is 5.02 Å². The molecule has 0 unspecified atom stereocenters. The second-order valence-electron chi connectivity index (χ2n) is 6.01. The van der Waals surface area contributed by atoms with Gasteiger partial charge in [0.1, 0.15) is 0 Å². The van der Waals surface area contributed by atoms with Gasteiger partial charge in [-0.1, -0.05) is 72.3 Å². The zero-order valence-electron chi connectivity index (χ0n) is 14.0. The summed E-state index contributed by atoms with van der Waals surface area (Å²) in [6.07, 6.45) is 0. The van der Waals surface area contributed by atoms with Gasteiger partial charge >= 0.3 is 0 Å². The highest BCUT2D eigenvalue weighted by Crippen LogP contribution is 2.29. The molecule has 0 radical (unpaired) electrons. The van der Waals surface area contributed by atoms with Crippen LogP contribution in [0.25, 0.3) is 28.2 Å². The first kappa shape index (κ1) is 16.4. The SMILES string of the molecule is O=c1cc(-c2ccccc2)n(-c2ccccc2)c(-c2ccc(Cl)cc2)c1. The average molecular weight is 358 g/mol. The van der Waals surface area contributed by atoms with E-state index in [1.54, 1.807) is 12.1 Å². The lowest BCUT2D eigenvalue weighted by Crippen LogP contribution is -2.11. The van der Waals surface area contributed by atoms with Gasteiger partial charge in [0.2, 0.25) is 0 Å². The molecule has 2 nitrogen and oxygen atoms in total. The highest BCUT2D eigenvalue weighted by atomic mass is 35.5. The molecule has 0 atom stereocenters. The van der Waals surface area contributed by atoms with Crippen LogP contribution in [-0.2, 0) is 0 Å². The number of aromatic nitrogens is 1. The van der Waals surface area contributed by atoms with Crippen molar-refractivity contribution in [3.63, 3.8) is 0 Å². The van der Waals surface area contributed by atoms with E-state index in [-0.39, 0.29) is 5.43 Å². The Kier molecular flexibility index (Phi) is 4.42. The predicted octanol–water partition coefficient (Wildman–Crippen LogP) is 5.82. The Labute approximate surface area is 156 Å². The van der Waals surface area contributed by atoms with Crippen LogP contribution in [0.4, 0.5) is 0 Å². The molecule has 126 valence electrons. The van der Waals surface area contributed by atoms with Crippen molar-refractivity contribution in [1.82, 2.24) is 4.57 Å². The smallest absolute Gasteiger partial charge is 0.182 e. The monoisotopic (exact) mass is 357 g/mol. The van der Waals surface area contributed by atoms with Crippen LogP contribution in [0.1, 0.15) is 0 Å². The van der Waals surface area contributed by atoms with Gasteiger partial charge in [0.15, 0.2) is 5.43 Å². The van der Waals surface area contributed by atoms with Gasteiger partial charge in [-0.15, -0.1) is 0 Å². The number of pyridine rings is 1. The molecule has 4 aromatic rings. The zero-order chi connectivity index (χ0) is 17.9. The van der Waals surface area contributed by atoms with Gasteiger partial charge in [-0.25, -0.2) is 0 Å². The van der Waals surface area contributed by atoms with Crippen molar-refractivity contribution in [1.29, 1.82) is 0 Å².